The molecule has 0 fully saturated rings. The maximum Gasteiger partial charge on any atom is 0.286 e. The standard InChI is InChI=1S/C13H13NO5S2/c1-10(15)20-8-4-3-5-11-6-7-12(21(2,18)19)9-13(11)14(16)17/h6-7,9H,4,8H2,1-2H3. The Labute approximate surface area is 127 Å². The van der Waals surface area contributed by atoms with E-state index in [-0.39, 0.29) is 21.3 Å². The minimum atomic E-state index is -3.51. The van der Waals surface area contributed by atoms with Crippen LogP contribution >= 0.6 is 11.8 Å². The van der Waals surface area contributed by atoms with E-state index in [2.05, 4.69) is 11.8 Å². The summed E-state index contributed by atoms with van der Waals surface area (Å²) in [5.74, 6) is 5.88. The van der Waals surface area contributed by atoms with Crippen molar-refractivity contribution in [2.24, 2.45) is 0 Å². The molecule has 8 heteroatoms. The molecule has 112 valence electrons. The van der Waals surface area contributed by atoms with Crippen LogP contribution in [0.3, 0.4) is 0 Å². The van der Waals surface area contributed by atoms with Crippen LogP contribution < -0.4 is 0 Å². The van der Waals surface area contributed by atoms with Crippen molar-refractivity contribution in [3.05, 3.63) is 33.9 Å². The first-order valence-electron chi connectivity index (χ1n) is 5.82. The Morgan fingerprint density at radius 2 is 2.10 bits per heavy atom. The lowest BCUT2D eigenvalue weighted by molar-refractivity contribution is -0.385. The second-order valence-corrected chi connectivity index (χ2v) is 7.39. The van der Waals surface area contributed by atoms with Gasteiger partial charge in [0.15, 0.2) is 15.0 Å². The predicted molar refractivity (Wildman–Crippen MR) is 80.8 cm³/mol. The van der Waals surface area contributed by atoms with Crippen LogP contribution in [0.1, 0.15) is 18.9 Å². The zero-order valence-corrected chi connectivity index (χ0v) is 13.1. The van der Waals surface area contributed by atoms with Gasteiger partial charge >= 0.3 is 0 Å². The minimum absolute atomic E-state index is 0.0136. The third-order valence-electron chi connectivity index (χ3n) is 2.35. The van der Waals surface area contributed by atoms with Gasteiger partial charge in [0, 0.05) is 31.4 Å². The summed E-state index contributed by atoms with van der Waals surface area (Å²) in [5, 5.41) is 11.0. The first-order chi connectivity index (χ1) is 9.71. The van der Waals surface area contributed by atoms with Crippen molar-refractivity contribution in [2.45, 2.75) is 18.2 Å². The van der Waals surface area contributed by atoms with Crippen LogP contribution in [0.2, 0.25) is 0 Å². The van der Waals surface area contributed by atoms with E-state index in [9.17, 15) is 23.3 Å². The summed E-state index contributed by atoms with van der Waals surface area (Å²) >= 11 is 1.13. The Hall–Kier alpha value is -1.85. The van der Waals surface area contributed by atoms with Crippen molar-refractivity contribution in [1.29, 1.82) is 0 Å². The normalized spacial score (nSPS) is 10.6. The van der Waals surface area contributed by atoms with E-state index in [0.717, 1.165) is 24.1 Å². The van der Waals surface area contributed by atoms with Crippen molar-refractivity contribution >= 4 is 32.4 Å². The molecular weight excluding hydrogens is 314 g/mol. The molecule has 0 heterocycles. The highest BCUT2D eigenvalue weighted by Gasteiger charge is 2.17. The van der Waals surface area contributed by atoms with Crippen LogP contribution in [0.15, 0.2) is 23.1 Å². The van der Waals surface area contributed by atoms with Gasteiger partial charge in [-0.25, -0.2) is 8.42 Å². The van der Waals surface area contributed by atoms with Crippen molar-refractivity contribution in [1.82, 2.24) is 0 Å². The average molecular weight is 327 g/mol. The molecule has 0 aliphatic carbocycles. The lowest BCUT2D eigenvalue weighted by Crippen LogP contribution is -2.00. The molecular formula is C13H13NO5S2. The summed E-state index contributed by atoms with van der Waals surface area (Å²) in [6, 6.07) is 3.61. The van der Waals surface area contributed by atoms with Gasteiger partial charge in [-0.1, -0.05) is 23.6 Å². The molecule has 1 aromatic carbocycles. The molecule has 1 aromatic rings. The zero-order valence-electron chi connectivity index (χ0n) is 11.5. The molecule has 0 amide bonds. The van der Waals surface area contributed by atoms with E-state index < -0.39 is 14.8 Å². The molecule has 0 atom stereocenters. The summed E-state index contributed by atoms with van der Waals surface area (Å²) in [5.41, 5.74) is -0.190. The van der Waals surface area contributed by atoms with Crippen molar-refractivity contribution < 1.29 is 18.1 Å². The van der Waals surface area contributed by atoms with E-state index in [1.165, 1.54) is 19.1 Å². The molecule has 0 spiro atoms. The van der Waals surface area contributed by atoms with Crippen molar-refractivity contribution in [3.8, 4) is 11.8 Å². The fourth-order valence-corrected chi connectivity index (χ4v) is 2.53. The fourth-order valence-electron chi connectivity index (χ4n) is 1.40. The number of thioether (sulfide) groups is 1. The van der Waals surface area contributed by atoms with Gasteiger partial charge in [0.2, 0.25) is 0 Å². The zero-order chi connectivity index (χ0) is 16.0. The van der Waals surface area contributed by atoms with Gasteiger partial charge in [0.05, 0.1) is 9.82 Å². The lowest BCUT2D eigenvalue weighted by atomic mass is 10.2. The lowest BCUT2D eigenvalue weighted by Gasteiger charge is -2.00. The topological polar surface area (TPSA) is 94.3 Å². The quantitative estimate of drug-likeness (QED) is 0.363. The third-order valence-corrected chi connectivity index (χ3v) is 4.27. The Bertz CT molecular complexity index is 729. The Kier molecular flexibility index (Phi) is 5.93. The highest BCUT2D eigenvalue weighted by atomic mass is 32.2. The number of hydrogen-bond acceptors (Lipinski definition) is 6. The summed E-state index contributed by atoms with van der Waals surface area (Å²) in [7, 11) is -3.51. The number of hydrogen-bond donors (Lipinski definition) is 0. The number of nitro groups is 1. The van der Waals surface area contributed by atoms with E-state index in [1.807, 2.05) is 0 Å². The summed E-state index contributed by atoms with van der Waals surface area (Å²) in [4.78, 5) is 20.9. The molecule has 0 aliphatic heterocycles. The maximum absolute atomic E-state index is 11.4. The number of benzene rings is 1. The van der Waals surface area contributed by atoms with Crippen LogP contribution in [0.25, 0.3) is 0 Å². The van der Waals surface area contributed by atoms with Crippen LogP contribution in [0.5, 0.6) is 0 Å². The van der Waals surface area contributed by atoms with Gasteiger partial charge in [-0.05, 0) is 12.1 Å². The minimum Gasteiger partial charge on any atom is -0.288 e. The molecule has 0 N–H and O–H groups in total. The number of carbonyl (C=O) groups excluding carboxylic acids is 1. The number of nitro benzene ring substituents is 1. The predicted octanol–water partition coefficient (Wildman–Crippen LogP) is 2.02. The highest BCUT2D eigenvalue weighted by molar-refractivity contribution is 8.13. The van der Waals surface area contributed by atoms with E-state index in [1.54, 1.807) is 0 Å². The second-order valence-electron chi connectivity index (χ2n) is 4.10. The van der Waals surface area contributed by atoms with Crippen LogP contribution in [-0.4, -0.2) is 30.5 Å². The van der Waals surface area contributed by atoms with Gasteiger partial charge in [-0.3, -0.25) is 14.9 Å². The van der Waals surface area contributed by atoms with Crippen LogP contribution in [0.4, 0.5) is 5.69 Å². The van der Waals surface area contributed by atoms with Crippen molar-refractivity contribution in [2.75, 3.05) is 12.0 Å². The molecule has 0 saturated heterocycles. The number of sulfone groups is 1. The van der Waals surface area contributed by atoms with Gasteiger partial charge < -0.3 is 0 Å². The first kappa shape index (κ1) is 17.2. The van der Waals surface area contributed by atoms with Crippen LogP contribution in [-0.2, 0) is 14.6 Å². The second kappa shape index (κ2) is 7.24. The molecule has 0 bridgehead atoms. The molecule has 0 radical (unpaired) electrons. The van der Waals surface area contributed by atoms with E-state index in [4.69, 9.17) is 0 Å². The molecule has 21 heavy (non-hydrogen) atoms. The molecule has 0 saturated carbocycles. The largest absolute Gasteiger partial charge is 0.288 e. The number of nitrogens with zero attached hydrogens (tertiary/aromatic N) is 1. The Balaban J connectivity index is 3.01. The molecule has 0 unspecified atom stereocenters. The number of rotatable bonds is 4. The smallest absolute Gasteiger partial charge is 0.286 e. The average Bonchev–Trinajstić information content (AvgIpc) is 2.36. The van der Waals surface area contributed by atoms with E-state index in [0.29, 0.717) is 12.2 Å². The summed E-state index contributed by atoms with van der Waals surface area (Å²) < 4.78 is 22.8. The molecule has 0 aliphatic rings. The molecule has 0 aromatic heterocycles. The number of carbonyl (C=O) groups is 1. The first-order valence-corrected chi connectivity index (χ1v) is 8.70. The molecule has 6 nitrogen and oxygen atoms in total. The van der Waals surface area contributed by atoms with Gasteiger partial charge in [-0.2, -0.15) is 0 Å². The van der Waals surface area contributed by atoms with E-state index >= 15 is 0 Å². The summed E-state index contributed by atoms with van der Waals surface area (Å²) in [6.45, 7) is 1.45. The maximum atomic E-state index is 11.4. The fraction of sp³-hybridized carbons (Fsp3) is 0.308. The highest BCUT2D eigenvalue weighted by Crippen LogP contribution is 2.22. The van der Waals surface area contributed by atoms with Gasteiger partial charge in [0.25, 0.3) is 5.69 Å². The third kappa shape index (κ3) is 5.57. The van der Waals surface area contributed by atoms with Crippen molar-refractivity contribution in [3.63, 3.8) is 0 Å². The van der Waals surface area contributed by atoms with Gasteiger partial charge in [0.1, 0.15) is 5.56 Å². The van der Waals surface area contributed by atoms with Gasteiger partial charge in [-0.15, -0.1) is 0 Å². The Morgan fingerprint density at radius 3 is 2.62 bits per heavy atom. The summed E-state index contributed by atoms with van der Waals surface area (Å²) in [6.07, 6.45) is 1.39. The van der Waals surface area contributed by atoms with Crippen LogP contribution in [0, 0.1) is 22.0 Å². The SMILES string of the molecule is CC(=O)SCCC#Cc1ccc(S(C)(=O)=O)cc1[N+](=O)[O-]. The monoisotopic (exact) mass is 327 g/mol. The molecule has 1 rings (SSSR count). The Morgan fingerprint density at radius 1 is 1.43 bits per heavy atom.